The molecule has 1 aromatic carbocycles. The summed E-state index contributed by atoms with van der Waals surface area (Å²) in [5.41, 5.74) is 2.13. The molecule has 0 fully saturated rings. The summed E-state index contributed by atoms with van der Waals surface area (Å²) in [7, 11) is 0. The molecule has 1 aliphatic heterocycles. The van der Waals surface area contributed by atoms with Crippen LogP contribution >= 0.6 is 0 Å². The van der Waals surface area contributed by atoms with Crippen molar-refractivity contribution in [1.29, 1.82) is 0 Å². The van der Waals surface area contributed by atoms with E-state index in [0.29, 0.717) is 31.1 Å². The van der Waals surface area contributed by atoms with E-state index in [4.69, 9.17) is 4.42 Å². The zero-order valence-electron chi connectivity index (χ0n) is 15.7. The van der Waals surface area contributed by atoms with Crippen molar-refractivity contribution in [3.8, 4) is 0 Å². The molecule has 28 heavy (non-hydrogen) atoms. The summed E-state index contributed by atoms with van der Waals surface area (Å²) in [5.74, 6) is 0.408. The average molecular weight is 378 g/mol. The van der Waals surface area contributed by atoms with Gasteiger partial charge in [0.05, 0.1) is 18.5 Å². The molecule has 0 unspecified atom stereocenters. The number of benzene rings is 1. The third-order valence-electron chi connectivity index (χ3n) is 4.93. The fourth-order valence-corrected chi connectivity index (χ4v) is 3.47. The highest BCUT2D eigenvalue weighted by atomic mass is 16.3. The van der Waals surface area contributed by atoms with Crippen molar-refractivity contribution in [2.75, 3.05) is 6.54 Å². The van der Waals surface area contributed by atoms with Gasteiger partial charge in [-0.25, -0.2) is 0 Å². The van der Waals surface area contributed by atoms with Crippen LogP contribution in [0.1, 0.15) is 46.9 Å². The molecule has 144 valence electrons. The lowest BCUT2D eigenvalue weighted by Gasteiger charge is -2.17. The molecule has 2 aromatic heterocycles. The van der Waals surface area contributed by atoms with Gasteiger partial charge in [-0.1, -0.05) is 30.3 Å². The van der Waals surface area contributed by atoms with E-state index in [2.05, 4.69) is 10.4 Å². The van der Waals surface area contributed by atoms with E-state index in [9.17, 15) is 9.59 Å². The normalized spacial score (nSPS) is 14.8. The highest BCUT2D eigenvalue weighted by molar-refractivity contribution is 5.93. The average Bonchev–Trinajstić information content (AvgIpc) is 3.32. The summed E-state index contributed by atoms with van der Waals surface area (Å²) in [4.78, 5) is 26.5. The first-order valence-corrected chi connectivity index (χ1v) is 9.33. The zero-order chi connectivity index (χ0) is 19.5. The van der Waals surface area contributed by atoms with E-state index in [-0.39, 0.29) is 11.8 Å². The Morgan fingerprint density at radius 3 is 2.68 bits per heavy atom. The number of rotatable bonds is 4. The van der Waals surface area contributed by atoms with Crippen LogP contribution in [-0.4, -0.2) is 33.0 Å². The molecule has 3 heterocycles. The largest absolute Gasteiger partial charge is 0.467 e. The van der Waals surface area contributed by atoms with Gasteiger partial charge < -0.3 is 14.6 Å². The zero-order valence-corrected chi connectivity index (χ0v) is 15.7. The highest BCUT2D eigenvalue weighted by Gasteiger charge is 2.24. The summed E-state index contributed by atoms with van der Waals surface area (Å²) in [6, 6.07) is 14.7. The molecule has 0 radical (unpaired) electrons. The monoisotopic (exact) mass is 378 g/mol. The molecule has 7 heteroatoms. The topological polar surface area (TPSA) is 80.4 Å². The number of aryl methyl sites for hydroxylation is 1. The van der Waals surface area contributed by atoms with Crippen molar-refractivity contribution < 1.29 is 14.0 Å². The molecular weight excluding hydrogens is 356 g/mol. The van der Waals surface area contributed by atoms with Crippen molar-refractivity contribution in [3.63, 3.8) is 0 Å². The molecule has 0 saturated carbocycles. The van der Waals surface area contributed by atoms with Gasteiger partial charge in [-0.05, 0) is 30.2 Å². The number of carbonyl (C=O) groups excluding carboxylic acids is 2. The molecule has 0 saturated heterocycles. The quantitative estimate of drug-likeness (QED) is 0.757. The Hall–Kier alpha value is -3.35. The van der Waals surface area contributed by atoms with Crippen LogP contribution in [0.25, 0.3) is 0 Å². The molecule has 0 spiro atoms. The lowest BCUT2D eigenvalue weighted by molar-refractivity contribution is -0.129. The molecule has 3 aromatic rings. The number of hydrogen-bond donors (Lipinski definition) is 1. The van der Waals surface area contributed by atoms with E-state index in [1.165, 1.54) is 0 Å². The summed E-state index contributed by atoms with van der Waals surface area (Å²) < 4.78 is 7.36. The number of amides is 2. The molecular formula is C21H22N4O3. The number of fused-ring (bicyclic) bond motifs is 1. The van der Waals surface area contributed by atoms with Crippen LogP contribution in [-0.2, 0) is 17.9 Å². The lowest BCUT2D eigenvalue weighted by Crippen LogP contribution is -2.29. The van der Waals surface area contributed by atoms with Gasteiger partial charge >= 0.3 is 0 Å². The fraction of sp³-hybridized carbons (Fsp3) is 0.286. The standard InChI is InChI=1S/C21H22N4O3/c1-15(26)24-10-6-11-25-17(14-24)13-18(23-25)21(27)22-20(19-9-5-12-28-19)16-7-3-2-4-8-16/h2-5,7-9,12-13,20H,6,10-11,14H2,1H3,(H,22,27)/t20-/m1/s1. The molecule has 4 rings (SSSR count). The smallest absolute Gasteiger partial charge is 0.272 e. The lowest BCUT2D eigenvalue weighted by atomic mass is 10.0. The number of hydrogen-bond acceptors (Lipinski definition) is 4. The Morgan fingerprint density at radius 2 is 1.96 bits per heavy atom. The minimum absolute atomic E-state index is 0.0302. The van der Waals surface area contributed by atoms with Gasteiger partial charge in [0.2, 0.25) is 5.91 Å². The van der Waals surface area contributed by atoms with Gasteiger partial charge in [-0.15, -0.1) is 0 Å². The fourth-order valence-electron chi connectivity index (χ4n) is 3.47. The van der Waals surface area contributed by atoms with Gasteiger partial charge in [0.1, 0.15) is 11.8 Å². The van der Waals surface area contributed by atoms with Gasteiger partial charge in [-0.2, -0.15) is 5.10 Å². The number of nitrogens with zero attached hydrogens (tertiary/aromatic N) is 3. The molecule has 1 aliphatic rings. The van der Waals surface area contributed by atoms with Gasteiger partial charge in [0, 0.05) is 20.0 Å². The maximum atomic E-state index is 12.9. The molecule has 0 bridgehead atoms. The molecule has 2 amide bonds. The van der Waals surface area contributed by atoms with Crippen molar-refractivity contribution >= 4 is 11.8 Å². The second kappa shape index (κ2) is 7.72. The SMILES string of the molecule is CC(=O)N1CCCn2nc(C(=O)N[C@H](c3ccccc3)c3ccco3)cc2C1. The first-order chi connectivity index (χ1) is 13.6. The minimum Gasteiger partial charge on any atom is -0.467 e. The van der Waals surface area contributed by atoms with E-state index >= 15 is 0 Å². The van der Waals surface area contributed by atoms with E-state index in [1.807, 2.05) is 41.1 Å². The maximum Gasteiger partial charge on any atom is 0.272 e. The molecule has 1 N–H and O–H groups in total. The van der Waals surface area contributed by atoms with Crippen LogP contribution in [0, 0.1) is 0 Å². The molecule has 0 aliphatic carbocycles. The van der Waals surface area contributed by atoms with Crippen LogP contribution in [0.2, 0.25) is 0 Å². The van der Waals surface area contributed by atoms with E-state index in [1.54, 1.807) is 30.2 Å². The Balaban J connectivity index is 1.57. The summed E-state index contributed by atoms with van der Waals surface area (Å²) in [6.45, 7) is 3.42. The summed E-state index contributed by atoms with van der Waals surface area (Å²) in [5, 5.41) is 7.49. The Morgan fingerprint density at radius 1 is 1.14 bits per heavy atom. The van der Waals surface area contributed by atoms with E-state index < -0.39 is 6.04 Å². The molecule has 1 atom stereocenters. The second-order valence-corrected chi connectivity index (χ2v) is 6.87. The third kappa shape index (κ3) is 3.69. The van der Waals surface area contributed by atoms with Crippen LogP contribution in [0.4, 0.5) is 0 Å². The highest BCUT2D eigenvalue weighted by Crippen LogP contribution is 2.23. The Labute approximate surface area is 162 Å². The van der Waals surface area contributed by atoms with Gasteiger partial charge in [0.15, 0.2) is 5.69 Å². The van der Waals surface area contributed by atoms with Gasteiger partial charge in [-0.3, -0.25) is 14.3 Å². The number of furan rings is 1. The second-order valence-electron chi connectivity index (χ2n) is 6.87. The van der Waals surface area contributed by atoms with Gasteiger partial charge in [0.25, 0.3) is 5.91 Å². The predicted molar refractivity (Wildman–Crippen MR) is 102 cm³/mol. The number of carbonyl (C=O) groups is 2. The molecule has 7 nitrogen and oxygen atoms in total. The summed E-state index contributed by atoms with van der Waals surface area (Å²) in [6.07, 6.45) is 2.40. The van der Waals surface area contributed by atoms with Crippen molar-refractivity contribution in [2.24, 2.45) is 0 Å². The van der Waals surface area contributed by atoms with Crippen LogP contribution in [0.15, 0.2) is 59.2 Å². The number of nitrogens with one attached hydrogen (secondary N) is 1. The first-order valence-electron chi connectivity index (χ1n) is 9.33. The van der Waals surface area contributed by atoms with Crippen molar-refractivity contribution in [2.45, 2.75) is 32.5 Å². The third-order valence-corrected chi connectivity index (χ3v) is 4.93. The van der Waals surface area contributed by atoms with Crippen LogP contribution in [0.5, 0.6) is 0 Å². The first kappa shape index (κ1) is 18.0. The Bertz CT molecular complexity index is 963. The van der Waals surface area contributed by atoms with Crippen molar-refractivity contribution in [1.82, 2.24) is 20.0 Å². The number of aromatic nitrogens is 2. The Kier molecular flexibility index (Phi) is 4.97. The van der Waals surface area contributed by atoms with Crippen molar-refractivity contribution in [3.05, 3.63) is 77.5 Å². The van der Waals surface area contributed by atoms with Crippen LogP contribution in [0.3, 0.4) is 0 Å². The van der Waals surface area contributed by atoms with Crippen LogP contribution < -0.4 is 5.32 Å². The predicted octanol–water partition coefficient (Wildman–Crippen LogP) is 2.75. The summed E-state index contributed by atoms with van der Waals surface area (Å²) >= 11 is 0. The van der Waals surface area contributed by atoms with E-state index in [0.717, 1.165) is 17.7 Å². The minimum atomic E-state index is -0.404. The maximum absolute atomic E-state index is 12.9.